The number of carbonyl (C=O) groups is 2. The summed E-state index contributed by atoms with van der Waals surface area (Å²) in [6, 6.07) is 11.7. The maximum Gasteiger partial charge on any atom is 0.243 e. The highest BCUT2D eigenvalue weighted by atomic mass is 32.2. The van der Waals surface area contributed by atoms with Crippen LogP contribution in [0.5, 0.6) is 5.75 Å². The number of rotatable bonds is 14. The molecule has 10 heteroatoms. The van der Waals surface area contributed by atoms with Gasteiger partial charge in [-0.2, -0.15) is 0 Å². The summed E-state index contributed by atoms with van der Waals surface area (Å²) in [5.41, 5.74) is 1.13. The molecule has 0 radical (unpaired) electrons. The molecule has 0 saturated heterocycles. The second kappa shape index (κ2) is 14.0. The molecule has 0 saturated carbocycles. The van der Waals surface area contributed by atoms with Crippen LogP contribution in [-0.2, 0) is 26.2 Å². The van der Waals surface area contributed by atoms with E-state index in [1.54, 1.807) is 36.4 Å². The van der Waals surface area contributed by atoms with E-state index in [0.29, 0.717) is 23.4 Å². The Balaban J connectivity index is 2.22. The molecule has 0 aliphatic rings. The second-order valence-corrected chi connectivity index (χ2v) is 10.9. The van der Waals surface area contributed by atoms with Crippen molar-refractivity contribution in [3.63, 3.8) is 0 Å². The summed E-state index contributed by atoms with van der Waals surface area (Å²) in [6.45, 7) is 5.91. The number of anilines is 1. The molecule has 0 aliphatic carbocycles. The molecule has 1 N–H and O–H groups in total. The normalized spacial score (nSPS) is 12.9. The van der Waals surface area contributed by atoms with Crippen LogP contribution in [0.25, 0.3) is 0 Å². The molecule has 0 aliphatic heterocycles. The van der Waals surface area contributed by atoms with E-state index in [2.05, 4.69) is 5.32 Å². The summed E-state index contributed by atoms with van der Waals surface area (Å²) in [6.07, 6.45) is 2.53. The Morgan fingerprint density at radius 2 is 1.76 bits per heavy atom. The van der Waals surface area contributed by atoms with E-state index in [9.17, 15) is 22.4 Å². The van der Waals surface area contributed by atoms with Gasteiger partial charge in [0.25, 0.3) is 0 Å². The SMILES string of the molecule is CC[C@@H](C)NC(=O)[C@@H](CC)N(Cc1ccc(F)cc1)C(=O)CCCN(c1cccc(OC)c1)S(C)(=O)=O. The fourth-order valence-electron chi connectivity index (χ4n) is 3.92. The zero-order valence-corrected chi connectivity index (χ0v) is 23.1. The predicted molar refractivity (Wildman–Crippen MR) is 143 cm³/mol. The molecule has 0 fully saturated rings. The van der Waals surface area contributed by atoms with Crippen molar-refractivity contribution in [2.24, 2.45) is 0 Å². The van der Waals surface area contributed by atoms with E-state index >= 15 is 0 Å². The van der Waals surface area contributed by atoms with Crippen LogP contribution in [0.2, 0.25) is 0 Å². The number of carbonyl (C=O) groups excluding carboxylic acids is 2. The fraction of sp³-hybridized carbons (Fsp3) is 0.481. The molecule has 0 heterocycles. The van der Waals surface area contributed by atoms with Crippen LogP contribution < -0.4 is 14.4 Å². The smallest absolute Gasteiger partial charge is 0.243 e. The maximum absolute atomic E-state index is 13.4. The lowest BCUT2D eigenvalue weighted by Gasteiger charge is -2.32. The number of benzene rings is 2. The first-order chi connectivity index (χ1) is 17.5. The van der Waals surface area contributed by atoms with Crippen molar-refractivity contribution in [1.29, 1.82) is 0 Å². The molecular weight excluding hydrogens is 497 g/mol. The number of hydrogen-bond donors (Lipinski definition) is 1. The van der Waals surface area contributed by atoms with E-state index in [1.807, 2.05) is 20.8 Å². The summed E-state index contributed by atoms with van der Waals surface area (Å²) >= 11 is 0. The number of amides is 2. The number of methoxy groups -OCH3 is 1. The number of hydrogen-bond acceptors (Lipinski definition) is 5. The summed E-state index contributed by atoms with van der Waals surface area (Å²) in [5, 5.41) is 2.95. The van der Waals surface area contributed by atoms with Gasteiger partial charge in [-0.1, -0.05) is 32.0 Å². The Labute approximate surface area is 219 Å². The van der Waals surface area contributed by atoms with Crippen LogP contribution in [0.4, 0.5) is 10.1 Å². The van der Waals surface area contributed by atoms with Gasteiger partial charge in [-0.25, -0.2) is 12.8 Å². The fourth-order valence-corrected chi connectivity index (χ4v) is 4.87. The van der Waals surface area contributed by atoms with Gasteiger partial charge in [-0.3, -0.25) is 13.9 Å². The van der Waals surface area contributed by atoms with Gasteiger partial charge in [0.05, 0.1) is 19.1 Å². The standard InChI is InChI=1S/C27H38FN3O5S/c1-6-20(3)29-27(33)25(7-2)30(19-21-13-15-22(28)16-14-21)26(32)12-9-17-31(37(5,34)35)23-10-8-11-24(18-23)36-4/h8,10-11,13-16,18,20,25H,6-7,9,12,17,19H2,1-5H3,(H,29,33)/t20-,25-/m1/s1. The van der Waals surface area contributed by atoms with Crippen molar-refractivity contribution in [3.8, 4) is 5.75 Å². The topological polar surface area (TPSA) is 96.0 Å². The molecule has 0 spiro atoms. The van der Waals surface area contributed by atoms with E-state index in [1.165, 1.54) is 28.4 Å². The minimum absolute atomic E-state index is 0.0320. The lowest BCUT2D eigenvalue weighted by Crippen LogP contribution is -2.50. The highest BCUT2D eigenvalue weighted by molar-refractivity contribution is 7.92. The Kier molecular flexibility index (Phi) is 11.4. The first-order valence-electron chi connectivity index (χ1n) is 12.5. The maximum atomic E-state index is 13.4. The summed E-state index contributed by atoms with van der Waals surface area (Å²) in [4.78, 5) is 28.0. The third-order valence-electron chi connectivity index (χ3n) is 6.15. The van der Waals surface area contributed by atoms with Gasteiger partial charge < -0.3 is 15.0 Å². The van der Waals surface area contributed by atoms with Crippen LogP contribution in [0, 0.1) is 5.82 Å². The minimum atomic E-state index is -3.61. The minimum Gasteiger partial charge on any atom is -0.497 e. The number of halogens is 1. The Morgan fingerprint density at radius 1 is 1.08 bits per heavy atom. The average Bonchev–Trinajstić information content (AvgIpc) is 2.86. The predicted octanol–water partition coefficient (Wildman–Crippen LogP) is 4.10. The molecule has 2 aromatic carbocycles. The lowest BCUT2D eigenvalue weighted by molar-refractivity contribution is -0.141. The van der Waals surface area contributed by atoms with Crippen molar-refractivity contribution in [2.45, 2.75) is 65.1 Å². The third-order valence-corrected chi connectivity index (χ3v) is 7.34. The third kappa shape index (κ3) is 9.03. The molecule has 2 rings (SSSR count). The summed E-state index contributed by atoms with van der Waals surface area (Å²) in [5.74, 6) is -0.400. The van der Waals surface area contributed by atoms with Crippen molar-refractivity contribution < 1.29 is 27.1 Å². The molecule has 2 amide bonds. The highest BCUT2D eigenvalue weighted by Gasteiger charge is 2.29. The van der Waals surface area contributed by atoms with Gasteiger partial charge in [0.2, 0.25) is 21.8 Å². The van der Waals surface area contributed by atoms with E-state index in [0.717, 1.165) is 12.7 Å². The molecule has 204 valence electrons. The first-order valence-corrected chi connectivity index (χ1v) is 14.3. The molecule has 0 bridgehead atoms. The quantitative estimate of drug-likeness (QED) is 0.393. The van der Waals surface area contributed by atoms with Gasteiger partial charge in [-0.15, -0.1) is 0 Å². The highest BCUT2D eigenvalue weighted by Crippen LogP contribution is 2.24. The van der Waals surface area contributed by atoms with Gasteiger partial charge in [0, 0.05) is 31.6 Å². The molecular formula is C27H38FN3O5S. The average molecular weight is 536 g/mol. The number of nitrogens with one attached hydrogen (secondary N) is 1. The van der Waals surface area contributed by atoms with E-state index < -0.39 is 16.1 Å². The monoisotopic (exact) mass is 535 g/mol. The zero-order chi connectivity index (χ0) is 27.6. The lowest BCUT2D eigenvalue weighted by atomic mass is 10.1. The molecule has 2 aromatic rings. The van der Waals surface area contributed by atoms with E-state index in [-0.39, 0.29) is 49.6 Å². The zero-order valence-electron chi connectivity index (χ0n) is 22.2. The molecule has 0 unspecified atom stereocenters. The Hall–Kier alpha value is -3.14. The van der Waals surface area contributed by atoms with Crippen LogP contribution in [-0.4, -0.2) is 57.1 Å². The van der Waals surface area contributed by atoms with Crippen molar-refractivity contribution in [3.05, 3.63) is 59.9 Å². The molecule has 8 nitrogen and oxygen atoms in total. The van der Waals surface area contributed by atoms with Crippen LogP contribution >= 0.6 is 0 Å². The first kappa shape index (κ1) is 30.1. The Bertz CT molecular complexity index is 1140. The number of ether oxygens (including phenoxy) is 1. The summed E-state index contributed by atoms with van der Waals surface area (Å²) in [7, 11) is -2.11. The Morgan fingerprint density at radius 3 is 2.32 bits per heavy atom. The molecule has 2 atom stereocenters. The van der Waals surface area contributed by atoms with Gasteiger partial charge in [0.15, 0.2) is 0 Å². The number of sulfonamides is 1. The van der Waals surface area contributed by atoms with Gasteiger partial charge >= 0.3 is 0 Å². The van der Waals surface area contributed by atoms with Crippen molar-refractivity contribution in [1.82, 2.24) is 10.2 Å². The van der Waals surface area contributed by atoms with E-state index in [4.69, 9.17) is 4.74 Å². The van der Waals surface area contributed by atoms with Crippen LogP contribution in [0.1, 0.15) is 52.0 Å². The molecule has 0 aromatic heterocycles. The number of nitrogens with zero attached hydrogens (tertiary/aromatic N) is 2. The van der Waals surface area contributed by atoms with Crippen LogP contribution in [0.15, 0.2) is 48.5 Å². The van der Waals surface area contributed by atoms with Gasteiger partial charge in [0.1, 0.15) is 17.6 Å². The van der Waals surface area contributed by atoms with Gasteiger partial charge in [-0.05, 0) is 56.0 Å². The molecule has 37 heavy (non-hydrogen) atoms. The van der Waals surface area contributed by atoms with Crippen LogP contribution in [0.3, 0.4) is 0 Å². The summed E-state index contributed by atoms with van der Waals surface area (Å²) < 4.78 is 44.9. The van der Waals surface area contributed by atoms with Crippen molar-refractivity contribution in [2.75, 3.05) is 24.2 Å². The second-order valence-electron chi connectivity index (χ2n) is 9.03. The van der Waals surface area contributed by atoms with Crippen molar-refractivity contribution >= 4 is 27.5 Å². The largest absolute Gasteiger partial charge is 0.497 e.